The SMILES string of the molecule is COc1cccc(C(N)c2cc(OC)ccc2OC)c1. The zero-order valence-electron chi connectivity index (χ0n) is 11.9. The first-order valence-corrected chi connectivity index (χ1v) is 6.31. The molecule has 0 aromatic heterocycles. The third kappa shape index (κ3) is 2.86. The Kier molecular flexibility index (Phi) is 4.48. The molecule has 0 amide bonds. The summed E-state index contributed by atoms with van der Waals surface area (Å²) in [6, 6.07) is 13.0. The van der Waals surface area contributed by atoms with Gasteiger partial charge in [0, 0.05) is 5.56 Å². The molecule has 0 radical (unpaired) electrons. The Balaban J connectivity index is 2.42. The molecule has 0 aliphatic heterocycles. The molecule has 2 rings (SSSR count). The minimum absolute atomic E-state index is 0.310. The lowest BCUT2D eigenvalue weighted by Crippen LogP contribution is -2.13. The molecule has 0 heterocycles. The minimum Gasteiger partial charge on any atom is -0.497 e. The van der Waals surface area contributed by atoms with Gasteiger partial charge in [-0.2, -0.15) is 0 Å². The summed E-state index contributed by atoms with van der Waals surface area (Å²) in [4.78, 5) is 0. The minimum atomic E-state index is -0.310. The Bertz CT molecular complexity index is 584. The van der Waals surface area contributed by atoms with E-state index in [1.54, 1.807) is 21.3 Å². The first-order valence-electron chi connectivity index (χ1n) is 6.31. The fraction of sp³-hybridized carbons (Fsp3) is 0.250. The Labute approximate surface area is 119 Å². The monoisotopic (exact) mass is 273 g/mol. The van der Waals surface area contributed by atoms with Crippen molar-refractivity contribution in [2.75, 3.05) is 21.3 Å². The molecule has 1 unspecified atom stereocenters. The molecule has 2 N–H and O–H groups in total. The summed E-state index contributed by atoms with van der Waals surface area (Å²) in [6.45, 7) is 0. The maximum absolute atomic E-state index is 6.35. The predicted octanol–water partition coefficient (Wildman–Crippen LogP) is 2.76. The van der Waals surface area contributed by atoms with Crippen LogP contribution in [0.5, 0.6) is 17.2 Å². The average molecular weight is 273 g/mol. The van der Waals surface area contributed by atoms with Gasteiger partial charge in [0.15, 0.2) is 0 Å². The smallest absolute Gasteiger partial charge is 0.124 e. The van der Waals surface area contributed by atoms with E-state index >= 15 is 0 Å². The van der Waals surface area contributed by atoms with Crippen molar-refractivity contribution in [2.24, 2.45) is 5.73 Å². The molecule has 1 atom stereocenters. The van der Waals surface area contributed by atoms with E-state index < -0.39 is 0 Å². The lowest BCUT2D eigenvalue weighted by atomic mass is 9.98. The van der Waals surface area contributed by atoms with Crippen LogP contribution in [0.25, 0.3) is 0 Å². The van der Waals surface area contributed by atoms with E-state index in [0.29, 0.717) is 0 Å². The molecule has 0 fully saturated rings. The van der Waals surface area contributed by atoms with E-state index in [9.17, 15) is 0 Å². The van der Waals surface area contributed by atoms with Crippen molar-refractivity contribution in [1.29, 1.82) is 0 Å². The maximum atomic E-state index is 6.35. The number of methoxy groups -OCH3 is 3. The molecule has 2 aromatic rings. The number of hydrogen-bond donors (Lipinski definition) is 1. The lowest BCUT2D eigenvalue weighted by molar-refractivity contribution is 0.397. The van der Waals surface area contributed by atoms with Crippen molar-refractivity contribution < 1.29 is 14.2 Å². The summed E-state index contributed by atoms with van der Waals surface area (Å²) in [5.41, 5.74) is 8.18. The van der Waals surface area contributed by atoms with Crippen LogP contribution >= 0.6 is 0 Å². The molecule has 0 aliphatic rings. The second kappa shape index (κ2) is 6.30. The van der Waals surface area contributed by atoms with Gasteiger partial charge in [-0.25, -0.2) is 0 Å². The molecule has 0 saturated heterocycles. The van der Waals surface area contributed by atoms with E-state index in [2.05, 4.69) is 0 Å². The number of ether oxygens (including phenoxy) is 3. The van der Waals surface area contributed by atoms with Gasteiger partial charge in [0.1, 0.15) is 17.2 Å². The fourth-order valence-electron chi connectivity index (χ4n) is 2.10. The van der Waals surface area contributed by atoms with Crippen molar-refractivity contribution in [2.45, 2.75) is 6.04 Å². The van der Waals surface area contributed by atoms with Gasteiger partial charge in [-0.3, -0.25) is 0 Å². The number of rotatable bonds is 5. The van der Waals surface area contributed by atoms with Gasteiger partial charge in [-0.15, -0.1) is 0 Å². The average Bonchev–Trinajstić information content (AvgIpc) is 2.53. The summed E-state index contributed by atoms with van der Waals surface area (Å²) >= 11 is 0. The lowest BCUT2D eigenvalue weighted by Gasteiger charge is -2.17. The maximum Gasteiger partial charge on any atom is 0.124 e. The predicted molar refractivity (Wildman–Crippen MR) is 78.6 cm³/mol. The van der Waals surface area contributed by atoms with Crippen LogP contribution in [-0.4, -0.2) is 21.3 Å². The second-order valence-corrected chi connectivity index (χ2v) is 4.36. The van der Waals surface area contributed by atoms with Gasteiger partial charge in [-0.1, -0.05) is 12.1 Å². The van der Waals surface area contributed by atoms with Gasteiger partial charge >= 0.3 is 0 Å². The molecule has 0 saturated carbocycles. The Hall–Kier alpha value is -2.20. The first kappa shape index (κ1) is 14.2. The van der Waals surface area contributed by atoms with Crippen LogP contribution in [0, 0.1) is 0 Å². The van der Waals surface area contributed by atoms with Crippen LogP contribution in [0.15, 0.2) is 42.5 Å². The van der Waals surface area contributed by atoms with Crippen LogP contribution < -0.4 is 19.9 Å². The van der Waals surface area contributed by atoms with Gasteiger partial charge in [-0.05, 0) is 35.9 Å². The molecule has 2 aromatic carbocycles. The highest BCUT2D eigenvalue weighted by Gasteiger charge is 2.15. The van der Waals surface area contributed by atoms with E-state index in [0.717, 1.165) is 28.4 Å². The molecule has 106 valence electrons. The van der Waals surface area contributed by atoms with Gasteiger partial charge < -0.3 is 19.9 Å². The van der Waals surface area contributed by atoms with Crippen molar-refractivity contribution in [3.8, 4) is 17.2 Å². The highest BCUT2D eigenvalue weighted by atomic mass is 16.5. The highest BCUT2D eigenvalue weighted by molar-refractivity contribution is 5.46. The summed E-state index contributed by atoms with van der Waals surface area (Å²) in [6.07, 6.45) is 0. The Morgan fingerprint density at radius 3 is 2.20 bits per heavy atom. The summed E-state index contributed by atoms with van der Waals surface area (Å²) in [5, 5.41) is 0. The van der Waals surface area contributed by atoms with Crippen molar-refractivity contribution >= 4 is 0 Å². The van der Waals surface area contributed by atoms with Crippen LogP contribution in [0.4, 0.5) is 0 Å². The third-order valence-corrected chi connectivity index (χ3v) is 3.22. The van der Waals surface area contributed by atoms with Crippen LogP contribution in [0.2, 0.25) is 0 Å². The number of benzene rings is 2. The standard InChI is InChI=1S/C16H19NO3/c1-18-12-6-4-5-11(9-12)16(17)14-10-13(19-2)7-8-15(14)20-3/h4-10,16H,17H2,1-3H3. The largest absolute Gasteiger partial charge is 0.497 e. The second-order valence-electron chi connectivity index (χ2n) is 4.36. The van der Waals surface area contributed by atoms with E-state index in [-0.39, 0.29) is 6.04 Å². The molecule has 0 spiro atoms. The normalized spacial score (nSPS) is 11.8. The van der Waals surface area contributed by atoms with E-state index in [4.69, 9.17) is 19.9 Å². The van der Waals surface area contributed by atoms with Crippen LogP contribution in [0.1, 0.15) is 17.2 Å². The summed E-state index contributed by atoms with van der Waals surface area (Å²) in [7, 11) is 4.89. The van der Waals surface area contributed by atoms with E-state index in [1.165, 1.54) is 0 Å². The van der Waals surface area contributed by atoms with Gasteiger partial charge in [0.2, 0.25) is 0 Å². The molecular formula is C16H19NO3. The Morgan fingerprint density at radius 2 is 1.55 bits per heavy atom. The van der Waals surface area contributed by atoms with E-state index in [1.807, 2.05) is 42.5 Å². The zero-order valence-corrected chi connectivity index (χ0v) is 11.9. The van der Waals surface area contributed by atoms with Gasteiger partial charge in [0.05, 0.1) is 27.4 Å². The van der Waals surface area contributed by atoms with Gasteiger partial charge in [0.25, 0.3) is 0 Å². The molecule has 20 heavy (non-hydrogen) atoms. The molecule has 4 heteroatoms. The number of hydrogen-bond acceptors (Lipinski definition) is 4. The summed E-state index contributed by atoms with van der Waals surface area (Å²) in [5.74, 6) is 2.26. The molecule has 4 nitrogen and oxygen atoms in total. The van der Waals surface area contributed by atoms with Crippen molar-refractivity contribution in [3.63, 3.8) is 0 Å². The molecular weight excluding hydrogens is 254 g/mol. The number of nitrogens with two attached hydrogens (primary N) is 1. The molecule has 0 aliphatic carbocycles. The zero-order chi connectivity index (χ0) is 14.5. The van der Waals surface area contributed by atoms with Crippen LogP contribution in [-0.2, 0) is 0 Å². The summed E-state index contributed by atoms with van der Waals surface area (Å²) < 4.78 is 15.9. The quantitative estimate of drug-likeness (QED) is 0.910. The topological polar surface area (TPSA) is 53.7 Å². The molecule has 0 bridgehead atoms. The fourth-order valence-corrected chi connectivity index (χ4v) is 2.10. The van der Waals surface area contributed by atoms with Crippen LogP contribution in [0.3, 0.4) is 0 Å². The van der Waals surface area contributed by atoms with Crippen molar-refractivity contribution in [3.05, 3.63) is 53.6 Å². The first-order chi connectivity index (χ1) is 9.69. The Morgan fingerprint density at radius 1 is 0.850 bits per heavy atom. The van der Waals surface area contributed by atoms with Crippen molar-refractivity contribution in [1.82, 2.24) is 0 Å². The highest BCUT2D eigenvalue weighted by Crippen LogP contribution is 2.32. The third-order valence-electron chi connectivity index (χ3n) is 3.22.